The first-order chi connectivity index (χ1) is 21.6. The summed E-state index contributed by atoms with van der Waals surface area (Å²) in [6.07, 6.45) is 5.37. The van der Waals surface area contributed by atoms with Crippen molar-refractivity contribution in [2.45, 2.75) is 38.0 Å². The van der Waals surface area contributed by atoms with Crippen LogP contribution in [0.3, 0.4) is 0 Å². The van der Waals surface area contributed by atoms with Gasteiger partial charge < -0.3 is 29.6 Å². The highest BCUT2D eigenvalue weighted by Gasteiger charge is 2.21. The fourth-order valence-corrected chi connectivity index (χ4v) is 6.02. The van der Waals surface area contributed by atoms with Crippen LogP contribution in [0.5, 0.6) is 11.8 Å². The molecule has 6 rings (SSSR count). The Morgan fingerprint density at radius 3 is 1.52 bits per heavy atom. The number of ether oxygens (including phenoxy) is 4. The molecule has 0 aliphatic carbocycles. The quantitative estimate of drug-likeness (QED) is 0.223. The van der Waals surface area contributed by atoms with Crippen LogP contribution in [0.2, 0.25) is 10.0 Å². The summed E-state index contributed by atoms with van der Waals surface area (Å²) in [5.41, 5.74) is 5.56. The van der Waals surface area contributed by atoms with Gasteiger partial charge in [-0.2, -0.15) is 0 Å². The van der Waals surface area contributed by atoms with Crippen LogP contribution in [-0.4, -0.2) is 72.7 Å². The third-order valence-electron chi connectivity index (χ3n) is 7.83. The summed E-state index contributed by atoms with van der Waals surface area (Å²) in [4.78, 5) is 18.8. The maximum Gasteiger partial charge on any atom is 0.237 e. The third kappa shape index (κ3) is 6.66. The summed E-state index contributed by atoms with van der Waals surface area (Å²) < 4.78 is 22.1. The molecule has 230 valence electrons. The SMILES string of the molecule is COc1nc(-c2cccc(-c3cccc(-c4cnc(CNC5CCOC5)c(OC)n4)c3Cl)c2Cl)cnc1CNC1CCOC1. The molecular weight excluding hydrogens is 603 g/mol. The smallest absolute Gasteiger partial charge is 0.237 e. The Morgan fingerprint density at radius 1 is 0.705 bits per heavy atom. The Bertz CT molecular complexity index is 1490. The lowest BCUT2D eigenvalue weighted by Gasteiger charge is -2.16. The summed E-state index contributed by atoms with van der Waals surface area (Å²) in [7, 11) is 3.18. The van der Waals surface area contributed by atoms with Gasteiger partial charge in [-0.3, -0.25) is 9.97 Å². The molecule has 0 amide bonds. The van der Waals surface area contributed by atoms with Crippen LogP contribution >= 0.6 is 23.2 Å². The van der Waals surface area contributed by atoms with E-state index in [0.717, 1.165) is 48.6 Å². The van der Waals surface area contributed by atoms with Gasteiger partial charge in [0, 0.05) is 60.6 Å². The molecule has 2 saturated heterocycles. The van der Waals surface area contributed by atoms with Crippen molar-refractivity contribution >= 4 is 23.2 Å². The molecule has 0 bridgehead atoms. The minimum absolute atomic E-state index is 0.298. The van der Waals surface area contributed by atoms with Crippen molar-refractivity contribution in [1.82, 2.24) is 30.6 Å². The lowest BCUT2D eigenvalue weighted by atomic mass is 9.98. The number of hydrogen-bond acceptors (Lipinski definition) is 10. The number of halogens is 2. The topological polar surface area (TPSA) is 113 Å². The Kier molecular flexibility index (Phi) is 9.85. The zero-order valence-electron chi connectivity index (χ0n) is 24.6. The van der Waals surface area contributed by atoms with E-state index in [1.807, 2.05) is 36.4 Å². The van der Waals surface area contributed by atoms with Gasteiger partial charge in [0.25, 0.3) is 0 Å². The summed E-state index contributed by atoms with van der Waals surface area (Å²) in [5.74, 6) is 0.885. The number of nitrogens with one attached hydrogen (secondary N) is 2. The second kappa shape index (κ2) is 14.2. The van der Waals surface area contributed by atoms with E-state index in [0.29, 0.717) is 82.7 Å². The minimum atomic E-state index is 0.298. The van der Waals surface area contributed by atoms with Crippen molar-refractivity contribution in [3.8, 4) is 45.4 Å². The van der Waals surface area contributed by atoms with E-state index >= 15 is 0 Å². The van der Waals surface area contributed by atoms with Gasteiger partial charge in [-0.25, -0.2) is 9.97 Å². The van der Waals surface area contributed by atoms with E-state index in [4.69, 9.17) is 52.1 Å². The maximum absolute atomic E-state index is 7.03. The predicted octanol–water partition coefficient (Wildman–Crippen LogP) is 5.35. The van der Waals surface area contributed by atoms with Gasteiger partial charge in [0.05, 0.1) is 61.3 Å². The summed E-state index contributed by atoms with van der Waals surface area (Å²) in [5, 5.41) is 7.90. The fraction of sp³-hybridized carbons (Fsp3) is 0.375. The number of nitrogens with zero attached hydrogens (tertiary/aromatic N) is 4. The first-order valence-corrected chi connectivity index (χ1v) is 15.3. The summed E-state index contributed by atoms with van der Waals surface area (Å²) >= 11 is 14.1. The normalized spacial score (nSPS) is 18.1. The van der Waals surface area contributed by atoms with Crippen molar-refractivity contribution < 1.29 is 18.9 Å². The molecule has 10 nitrogen and oxygen atoms in total. The van der Waals surface area contributed by atoms with E-state index in [-0.39, 0.29) is 0 Å². The molecule has 2 aromatic carbocycles. The Morgan fingerprint density at radius 2 is 1.14 bits per heavy atom. The fourth-order valence-electron chi connectivity index (χ4n) is 5.37. The molecule has 2 atom stereocenters. The van der Waals surface area contributed by atoms with Crippen molar-refractivity contribution in [2.75, 3.05) is 40.6 Å². The van der Waals surface area contributed by atoms with E-state index in [9.17, 15) is 0 Å². The Labute approximate surface area is 266 Å². The van der Waals surface area contributed by atoms with E-state index in [1.54, 1.807) is 26.6 Å². The molecule has 4 aromatic rings. The number of aromatic nitrogens is 4. The Hall–Kier alpha value is -3.38. The maximum atomic E-state index is 7.03. The van der Waals surface area contributed by atoms with Crippen LogP contribution in [0.25, 0.3) is 33.6 Å². The molecule has 2 unspecified atom stereocenters. The van der Waals surface area contributed by atoms with Crippen LogP contribution in [0.1, 0.15) is 24.2 Å². The van der Waals surface area contributed by atoms with Crippen molar-refractivity contribution in [1.29, 1.82) is 0 Å². The van der Waals surface area contributed by atoms with Gasteiger partial charge in [0.2, 0.25) is 11.8 Å². The number of hydrogen-bond donors (Lipinski definition) is 2. The lowest BCUT2D eigenvalue weighted by Crippen LogP contribution is -2.29. The van der Waals surface area contributed by atoms with Crippen LogP contribution in [-0.2, 0) is 22.6 Å². The predicted molar refractivity (Wildman–Crippen MR) is 169 cm³/mol. The van der Waals surface area contributed by atoms with Crippen molar-refractivity contribution in [3.63, 3.8) is 0 Å². The van der Waals surface area contributed by atoms with Gasteiger partial charge in [0.15, 0.2) is 0 Å². The highest BCUT2D eigenvalue weighted by atomic mass is 35.5. The molecule has 2 fully saturated rings. The number of methoxy groups -OCH3 is 2. The second-order valence-corrected chi connectivity index (χ2v) is 11.4. The van der Waals surface area contributed by atoms with E-state index in [2.05, 4.69) is 20.6 Å². The monoisotopic (exact) mass is 636 g/mol. The molecule has 2 aliphatic heterocycles. The van der Waals surface area contributed by atoms with E-state index < -0.39 is 0 Å². The van der Waals surface area contributed by atoms with Crippen LogP contribution in [0.15, 0.2) is 48.8 Å². The Balaban J connectivity index is 1.27. The lowest BCUT2D eigenvalue weighted by molar-refractivity contribution is 0.189. The minimum Gasteiger partial charge on any atom is -0.480 e. The first-order valence-electron chi connectivity index (χ1n) is 14.6. The third-order valence-corrected chi connectivity index (χ3v) is 8.64. The highest BCUT2D eigenvalue weighted by molar-refractivity contribution is 6.39. The van der Waals surface area contributed by atoms with Gasteiger partial charge >= 0.3 is 0 Å². The van der Waals surface area contributed by atoms with Crippen LogP contribution < -0.4 is 20.1 Å². The zero-order chi connectivity index (χ0) is 30.5. The molecule has 2 aliphatic rings. The van der Waals surface area contributed by atoms with Crippen molar-refractivity contribution in [2.24, 2.45) is 0 Å². The molecular formula is C32H34Cl2N6O4. The summed E-state index contributed by atoms with van der Waals surface area (Å²) in [6, 6.07) is 12.1. The van der Waals surface area contributed by atoms with Crippen LogP contribution in [0, 0.1) is 0 Å². The molecule has 4 heterocycles. The van der Waals surface area contributed by atoms with E-state index in [1.165, 1.54) is 0 Å². The number of benzene rings is 2. The molecule has 44 heavy (non-hydrogen) atoms. The zero-order valence-corrected chi connectivity index (χ0v) is 26.1. The van der Waals surface area contributed by atoms with Crippen molar-refractivity contribution in [3.05, 3.63) is 70.2 Å². The molecule has 0 saturated carbocycles. The number of rotatable bonds is 11. The van der Waals surface area contributed by atoms with Gasteiger partial charge in [-0.1, -0.05) is 59.6 Å². The van der Waals surface area contributed by atoms with Gasteiger partial charge in [-0.05, 0) is 12.8 Å². The standard InChI is InChI=1S/C32H34Cl2N6O4/c1-41-31-27(15-35-19-9-11-43-17-19)37-13-25(39-31)23-7-3-5-21(29(23)33)22-6-4-8-24(30(22)34)26-14-38-28(32(40-26)42-2)16-36-20-10-12-44-18-20/h3-8,13-14,19-20,35-36H,9-12,15-18H2,1-2H3. The molecule has 2 aromatic heterocycles. The highest BCUT2D eigenvalue weighted by Crippen LogP contribution is 2.42. The molecule has 0 radical (unpaired) electrons. The largest absolute Gasteiger partial charge is 0.480 e. The summed E-state index contributed by atoms with van der Waals surface area (Å²) in [6.45, 7) is 3.98. The average Bonchev–Trinajstić information content (AvgIpc) is 3.78. The van der Waals surface area contributed by atoms with Crippen LogP contribution in [0.4, 0.5) is 0 Å². The second-order valence-electron chi connectivity index (χ2n) is 10.6. The molecule has 2 N–H and O–H groups in total. The van der Waals surface area contributed by atoms with Gasteiger partial charge in [-0.15, -0.1) is 0 Å². The first kappa shape index (κ1) is 30.6. The molecule has 0 spiro atoms. The molecule has 12 heteroatoms. The van der Waals surface area contributed by atoms with Gasteiger partial charge in [0.1, 0.15) is 11.4 Å². The average molecular weight is 638 g/mol.